The van der Waals surface area contributed by atoms with E-state index in [1.165, 1.54) is 27.4 Å². The van der Waals surface area contributed by atoms with E-state index in [1.807, 2.05) is 0 Å². The maximum Gasteiger partial charge on any atom is 0.508 e. The van der Waals surface area contributed by atoms with Gasteiger partial charge in [0.2, 0.25) is 25.1 Å². The van der Waals surface area contributed by atoms with Gasteiger partial charge in [0.1, 0.15) is 13.2 Å². The minimum atomic E-state index is -0.849. The van der Waals surface area contributed by atoms with E-state index < -0.39 is 12.1 Å². The third-order valence-electron chi connectivity index (χ3n) is 6.47. The van der Waals surface area contributed by atoms with Gasteiger partial charge in [0.05, 0.1) is 40.1 Å². The number of rotatable bonds is 9. The number of esters is 1. The predicted octanol–water partition coefficient (Wildman–Crippen LogP) is 2.60. The van der Waals surface area contributed by atoms with E-state index in [0.717, 1.165) is 13.1 Å². The van der Waals surface area contributed by atoms with Gasteiger partial charge in [-0.3, -0.25) is 4.90 Å². The summed E-state index contributed by atoms with van der Waals surface area (Å²) in [5.74, 6) is 1.14. The van der Waals surface area contributed by atoms with Gasteiger partial charge in [-0.25, -0.2) is 9.59 Å². The SMILES string of the molecule is COC(=O)c1cc(OC)c2c(c1-c1c(COC(=O)OCCN3CCOCC3)cc(OC)c3c1OCO3)OCO2. The number of ether oxygens (including phenoxy) is 10. The fourth-order valence-electron chi connectivity index (χ4n) is 4.60. The third-order valence-corrected chi connectivity index (χ3v) is 6.47. The summed E-state index contributed by atoms with van der Waals surface area (Å²) in [7, 11) is 4.19. The van der Waals surface area contributed by atoms with Crippen molar-refractivity contribution in [2.45, 2.75) is 6.61 Å². The molecule has 0 spiro atoms. The fourth-order valence-corrected chi connectivity index (χ4v) is 4.60. The first kappa shape index (κ1) is 26.5. The molecule has 1 fully saturated rings. The van der Waals surface area contributed by atoms with Crippen molar-refractivity contribution < 1.29 is 57.0 Å². The molecular weight excluding hydrogens is 518 g/mol. The summed E-state index contributed by atoms with van der Waals surface area (Å²) in [6.07, 6.45) is -0.849. The monoisotopic (exact) mass is 547 g/mol. The Bertz CT molecular complexity index is 1240. The summed E-state index contributed by atoms with van der Waals surface area (Å²) < 4.78 is 54.9. The maximum atomic E-state index is 12.9. The van der Waals surface area contributed by atoms with Gasteiger partial charge in [-0.2, -0.15) is 0 Å². The Kier molecular flexibility index (Phi) is 7.98. The van der Waals surface area contributed by atoms with Crippen LogP contribution in [0.5, 0.6) is 34.5 Å². The number of hydrogen-bond acceptors (Lipinski definition) is 13. The van der Waals surface area contributed by atoms with Crippen molar-refractivity contribution in [2.75, 3.05) is 74.4 Å². The van der Waals surface area contributed by atoms with Crippen molar-refractivity contribution in [3.63, 3.8) is 0 Å². The molecule has 0 amide bonds. The number of nitrogens with zero attached hydrogens (tertiary/aromatic N) is 1. The van der Waals surface area contributed by atoms with E-state index in [1.54, 1.807) is 6.07 Å². The van der Waals surface area contributed by atoms with Crippen LogP contribution in [0.3, 0.4) is 0 Å². The Labute approximate surface area is 224 Å². The maximum absolute atomic E-state index is 12.9. The minimum absolute atomic E-state index is 0.0875. The lowest BCUT2D eigenvalue weighted by molar-refractivity contribution is 0.0142. The van der Waals surface area contributed by atoms with Crippen molar-refractivity contribution in [1.29, 1.82) is 0 Å². The van der Waals surface area contributed by atoms with Gasteiger partial charge in [0, 0.05) is 36.3 Å². The van der Waals surface area contributed by atoms with Crippen LogP contribution in [-0.4, -0.2) is 91.4 Å². The zero-order valence-electron chi connectivity index (χ0n) is 21.9. The molecule has 0 aliphatic carbocycles. The Morgan fingerprint density at radius 2 is 1.44 bits per heavy atom. The van der Waals surface area contributed by atoms with Crippen LogP contribution in [0.25, 0.3) is 11.1 Å². The van der Waals surface area contributed by atoms with Gasteiger partial charge in [0.15, 0.2) is 23.0 Å². The van der Waals surface area contributed by atoms with Crippen molar-refractivity contribution in [3.05, 3.63) is 23.3 Å². The van der Waals surface area contributed by atoms with Crippen LogP contribution in [0.1, 0.15) is 15.9 Å². The molecule has 0 atom stereocenters. The topological polar surface area (TPSA) is 130 Å². The van der Waals surface area contributed by atoms with Crippen LogP contribution in [0.15, 0.2) is 12.1 Å². The average Bonchev–Trinajstić information content (AvgIpc) is 3.66. The quantitative estimate of drug-likeness (QED) is 0.427. The van der Waals surface area contributed by atoms with Crippen molar-refractivity contribution in [1.82, 2.24) is 4.90 Å². The fraction of sp³-hybridized carbons (Fsp3) is 0.462. The van der Waals surface area contributed by atoms with Crippen molar-refractivity contribution in [3.8, 4) is 45.6 Å². The molecule has 0 unspecified atom stereocenters. The first-order chi connectivity index (χ1) is 19.0. The first-order valence-electron chi connectivity index (χ1n) is 12.2. The van der Waals surface area contributed by atoms with Gasteiger partial charge in [-0.15, -0.1) is 0 Å². The summed E-state index contributed by atoms with van der Waals surface area (Å²) in [6.45, 7) is 3.17. The number of fused-ring (bicyclic) bond motifs is 2. The Morgan fingerprint density at radius 1 is 0.821 bits per heavy atom. The van der Waals surface area contributed by atoms with Gasteiger partial charge in [-0.1, -0.05) is 0 Å². The number of hydrogen-bond donors (Lipinski definition) is 0. The molecule has 3 aliphatic heterocycles. The number of carbonyl (C=O) groups excluding carboxylic acids is 2. The molecule has 0 radical (unpaired) electrons. The molecule has 5 rings (SSSR count). The summed E-state index contributed by atoms with van der Waals surface area (Å²) in [6, 6.07) is 3.13. The van der Waals surface area contributed by atoms with Crippen LogP contribution in [-0.2, 0) is 25.6 Å². The second kappa shape index (κ2) is 11.7. The molecule has 39 heavy (non-hydrogen) atoms. The van der Waals surface area contributed by atoms with E-state index in [0.29, 0.717) is 53.7 Å². The van der Waals surface area contributed by atoms with Crippen LogP contribution >= 0.6 is 0 Å². The molecule has 3 aliphatic rings. The molecule has 0 N–H and O–H groups in total. The summed E-state index contributed by atoms with van der Waals surface area (Å²) in [4.78, 5) is 27.6. The number of carbonyl (C=O) groups is 2. The van der Waals surface area contributed by atoms with E-state index in [4.69, 9.17) is 47.4 Å². The molecule has 210 valence electrons. The Balaban J connectivity index is 1.49. The third kappa shape index (κ3) is 5.27. The molecule has 3 heterocycles. The summed E-state index contributed by atoms with van der Waals surface area (Å²) in [5, 5.41) is 0. The second-order valence-electron chi connectivity index (χ2n) is 8.58. The highest BCUT2D eigenvalue weighted by atomic mass is 16.7. The Morgan fingerprint density at radius 3 is 2.08 bits per heavy atom. The molecule has 1 saturated heterocycles. The smallest absolute Gasteiger partial charge is 0.493 e. The molecule has 13 heteroatoms. The largest absolute Gasteiger partial charge is 0.508 e. The van der Waals surface area contributed by atoms with Gasteiger partial charge in [-0.05, 0) is 12.1 Å². The Hall–Kier alpha value is -4.10. The lowest BCUT2D eigenvalue weighted by Gasteiger charge is -2.26. The van der Waals surface area contributed by atoms with E-state index >= 15 is 0 Å². The first-order valence-corrected chi connectivity index (χ1v) is 12.2. The normalized spacial score (nSPS) is 15.6. The second-order valence-corrected chi connectivity index (χ2v) is 8.58. The molecule has 13 nitrogen and oxygen atoms in total. The standard InChI is InChI=1S/C26H29NO12/c1-30-17-10-15(12-35-26(29)34-9-6-27-4-7-33-8-5-27)19(23-21(17)36-13-38-23)20-16(25(28)32-3)11-18(31-2)22-24(20)39-14-37-22/h10-11H,4-9,12-14H2,1-3H3. The number of benzene rings is 2. The molecule has 2 aromatic carbocycles. The van der Waals surface area contributed by atoms with E-state index in [2.05, 4.69) is 4.90 Å². The molecule has 0 aromatic heterocycles. The van der Waals surface area contributed by atoms with Crippen LogP contribution in [0.4, 0.5) is 4.79 Å². The zero-order valence-corrected chi connectivity index (χ0v) is 21.9. The molecule has 0 bridgehead atoms. The van der Waals surface area contributed by atoms with E-state index in [-0.39, 0.29) is 49.6 Å². The summed E-state index contributed by atoms with van der Waals surface area (Å²) >= 11 is 0. The minimum Gasteiger partial charge on any atom is -0.493 e. The van der Waals surface area contributed by atoms with Gasteiger partial charge >= 0.3 is 12.1 Å². The van der Waals surface area contributed by atoms with Crippen LogP contribution < -0.4 is 28.4 Å². The van der Waals surface area contributed by atoms with Crippen molar-refractivity contribution >= 4 is 12.1 Å². The van der Waals surface area contributed by atoms with E-state index in [9.17, 15) is 9.59 Å². The van der Waals surface area contributed by atoms with Gasteiger partial charge < -0.3 is 47.4 Å². The zero-order chi connectivity index (χ0) is 27.4. The highest BCUT2D eigenvalue weighted by molar-refractivity contribution is 6.03. The molecule has 0 saturated carbocycles. The van der Waals surface area contributed by atoms with Crippen LogP contribution in [0, 0.1) is 0 Å². The van der Waals surface area contributed by atoms with Crippen LogP contribution in [0.2, 0.25) is 0 Å². The lowest BCUT2D eigenvalue weighted by atomic mass is 9.92. The summed E-state index contributed by atoms with van der Waals surface area (Å²) in [5.41, 5.74) is 1.25. The molecule has 2 aromatic rings. The highest BCUT2D eigenvalue weighted by Crippen LogP contribution is 2.56. The number of methoxy groups -OCH3 is 3. The molecular formula is C26H29NO12. The highest BCUT2D eigenvalue weighted by Gasteiger charge is 2.36. The number of morpholine rings is 1. The average molecular weight is 548 g/mol. The van der Waals surface area contributed by atoms with Crippen molar-refractivity contribution in [2.24, 2.45) is 0 Å². The predicted molar refractivity (Wildman–Crippen MR) is 132 cm³/mol. The van der Waals surface area contributed by atoms with Gasteiger partial charge in [0.25, 0.3) is 0 Å². The lowest BCUT2D eigenvalue weighted by Crippen LogP contribution is -2.38.